The van der Waals surface area contributed by atoms with Crippen LogP contribution in [-0.4, -0.2) is 35.8 Å². The van der Waals surface area contributed by atoms with Crippen LogP contribution in [0, 0.1) is 0 Å². The van der Waals surface area contributed by atoms with Gasteiger partial charge in [0.05, 0.1) is 10.9 Å². The topological polar surface area (TPSA) is 122 Å². The Balaban J connectivity index is 1.65. The van der Waals surface area contributed by atoms with Crippen LogP contribution in [0.3, 0.4) is 0 Å². The van der Waals surface area contributed by atoms with E-state index in [1.54, 1.807) is 0 Å². The Hall–Kier alpha value is -3.72. The summed E-state index contributed by atoms with van der Waals surface area (Å²) < 4.78 is 30.0. The van der Waals surface area contributed by atoms with Crippen LogP contribution in [0.4, 0.5) is 4.79 Å². The molecule has 33 heavy (non-hydrogen) atoms. The number of amides is 1. The zero-order valence-electron chi connectivity index (χ0n) is 17.8. The molecule has 0 saturated heterocycles. The zero-order chi connectivity index (χ0) is 23.2. The van der Waals surface area contributed by atoms with Gasteiger partial charge in [-0.1, -0.05) is 54.6 Å². The molecule has 2 heterocycles. The maximum absolute atomic E-state index is 11.9. The van der Waals surface area contributed by atoms with Gasteiger partial charge in [0, 0.05) is 23.6 Å². The van der Waals surface area contributed by atoms with Gasteiger partial charge in [-0.2, -0.15) is 4.98 Å². The van der Waals surface area contributed by atoms with E-state index in [1.165, 1.54) is 6.20 Å². The molecule has 1 aliphatic rings. The minimum atomic E-state index is -3.59. The zero-order valence-corrected chi connectivity index (χ0v) is 18.6. The fourth-order valence-electron chi connectivity index (χ4n) is 4.31. The molecule has 5 rings (SSSR count). The summed E-state index contributed by atoms with van der Waals surface area (Å²) in [5.41, 5.74) is 2.94. The third-order valence-electron chi connectivity index (χ3n) is 6.07. The van der Waals surface area contributed by atoms with Crippen molar-refractivity contribution >= 4 is 27.0 Å². The molecule has 2 aromatic carbocycles. The number of nitrogens with one attached hydrogen (secondary N) is 1. The van der Waals surface area contributed by atoms with E-state index < -0.39 is 21.5 Å². The summed E-state index contributed by atoms with van der Waals surface area (Å²) >= 11 is 0. The molecular weight excluding hydrogens is 442 g/mol. The summed E-state index contributed by atoms with van der Waals surface area (Å²) in [5.74, 6) is 0.538. The molecule has 2 N–H and O–H groups in total. The molecule has 0 aliphatic heterocycles. The summed E-state index contributed by atoms with van der Waals surface area (Å²) in [7, 11) is -3.59. The summed E-state index contributed by atoms with van der Waals surface area (Å²) in [5, 5.41) is 12.2. The van der Waals surface area contributed by atoms with Gasteiger partial charge in [-0.3, -0.25) is 0 Å². The van der Waals surface area contributed by atoms with Gasteiger partial charge >= 0.3 is 6.09 Å². The van der Waals surface area contributed by atoms with Gasteiger partial charge in [0.1, 0.15) is 5.76 Å². The van der Waals surface area contributed by atoms with Crippen LogP contribution >= 0.6 is 0 Å². The maximum atomic E-state index is 11.9. The van der Waals surface area contributed by atoms with Gasteiger partial charge in [-0.15, -0.1) is 0 Å². The normalized spacial score (nSPS) is 15.2. The quantitative estimate of drug-likeness (QED) is 0.415. The van der Waals surface area contributed by atoms with Gasteiger partial charge in [0.15, 0.2) is 0 Å². The van der Waals surface area contributed by atoms with Crippen LogP contribution in [0.25, 0.3) is 33.6 Å². The summed E-state index contributed by atoms with van der Waals surface area (Å²) in [4.78, 5) is 19.5. The third-order valence-corrected chi connectivity index (χ3v) is 6.93. The van der Waals surface area contributed by atoms with E-state index in [0.717, 1.165) is 47.8 Å². The average molecular weight is 464 g/mol. The van der Waals surface area contributed by atoms with E-state index in [0.29, 0.717) is 11.1 Å². The molecule has 8 nitrogen and oxygen atoms in total. The van der Waals surface area contributed by atoms with Gasteiger partial charge < -0.3 is 14.8 Å². The molecule has 0 atom stereocenters. The van der Waals surface area contributed by atoms with Crippen molar-refractivity contribution in [2.45, 2.75) is 30.0 Å². The van der Waals surface area contributed by atoms with Gasteiger partial charge in [-0.25, -0.2) is 18.2 Å². The smallest absolute Gasteiger partial charge is 0.405 e. The lowest BCUT2D eigenvalue weighted by Gasteiger charge is -2.42. The summed E-state index contributed by atoms with van der Waals surface area (Å²) in [6.45, 7) is 0. The fraction of sp³-hybridized carbons (Fsp3) is 0.208. The molecule has 1 saturated carbocycles. The van der Waals surface area contributed by atoms with Crippen molar-refractivity contribution < 1.29 is 22.7 Å². The Morgan fingerprint density at radius 3 is 2.33 bits per heavy atom. The van der Waals surface area contributed by atoms with Crippen LogP contribution in [0.15, 0.2) is 70.4 Å². The van der Waals surface area contributed by atoms with E-state index >= 15 is 0 Å². The molecule has 0 unspecified atom stereocenters. The van der Waals surface area contributed by atoms with Crippen LogP contribution < -0.4 is 5.32 Å². The number of benzene rings is 2. The van der Waals surface area contributed by atoms with Gasteiger partial charge in [0.2, 0.25) is 20.7 Å². The van der Waals surface area contributed by atoms with Gasteiger partial charge in [0.25, 0.3) is 0 Å². The molecule has 168 valence electrons. The number of hydrogen-bond donors (Lipinski definition) is 2. The first-order chi connectivity index (χ1) is 15.8. The molecule has 4 aromatic rings. The number of sulfone groups is 1. The Bertz CT molecular complexity index is 1460. The van der Waals surface area contributed by atoms with E-state index in [2.05, 4.69) is 15.3 Å². The molecule has 0 radical (unpaired) electrons. The van der Waals surface area contributed by atoms with Crippen molar-refractivity contribution in [2.75, 3.05) is 6.26 Å². The molecule has 9 heteroatoms. The summed E-state index contributed by atoms with van der Waals surface area (Å²) in [6.07, 6.45) is 3.96. The minimum Gasteiger partial charge on any atom is -0.465 e. The monoisotopic (exact) mass is 463 g/mol. The Morgan fingerprint density at radius 1 is 1.06 bits per heavy atom. The maximum Gasteiger partial charge on any atom is 0.405 e. The predicted molar refractivity (Wildman–Crippen MR) is 122 cm³/mol. The number of aromatic nitrogens is 2. The molecular formula is C24H21N3O5S. The molecule has 2 aromatic heterocycles. The lowest BCUT2D eigenvalue weighted by molar-refractivity contribution is 0.144. The van der Waals surface area contributed by atoms with Crippen LogP contribution in [0.2, 0.25) is 0 Å². The number of furan rings is 1. The van der Waals surface area contributed by atoms with Gasteiger partial charge in [-0.05, 0) is 30.4 Å². The van der Waals surface area contributed by atoms with Crippen molar-refractivity contribution in [2.24, 2.45) is 0 Å². The second kappa shape index (κ2) is 7.70. The van der Waals surface area contributed by atoms with E-state index in [4.69, 9.17) is 4.42 Å². The van der Waals surface area contributed by atoms with Crippen molar-refractivity contribution in [3.8, 4) is 22.5 Å². The van der Waals surface area contributed by atoms with E-state index in [-0.39, 0.29) is 10.9 Å². The van der Waals surface area contributed by atoms with Crippen molar-refractivity contribution in [3.05, 3.63) is 66.4 Å². The van der Waals surface area contributed by atoms with Crippen LogP contribution in [-0.2, 0) is 15.4 Å². The second-order valence-corrected chi connectivity index (χ2v) is 10.2. The third kappa shape index (κ3) is 3.74. The number of rotatable bonds is 5. The SMILES string of the molecule is CS(=O)(=O)c1ncc2c(-c3ccccc3)c(-c3ccc(C4(NC(=O)O)CCC4)cc3)oc2n1. The first kappa shape index (κ1) is 21.1. The van der Waals surface area contributed by atoms with Crippen LogP contribution in [0.1, 0.15) is 24.8 Å². The lowest BCUT2D eigenvalue weighted by Crippen LogP contribution is -2.50. The fourth-order valence-corrected chi connectivity index (χ4v) is 4.80. The predicted octanol–water partition coefficient (Wildman–Crippen LogP) is 4.61. The standard InChI is InChI=1S/C24H21N3O5S/c1-33(30,31)22-25-14-18-19(15-6-3-2-4-7-15)20(32-21(18)26-22)16-8-10-17(11-9-16)24(12-5-13-24)27-23(28)29/h2-4,6-11,14,27H,5,12-13H2,1H3,(H,28,29). The molecule has 0 bridgehead atoms. The molecule has 1 amide bonds. The highest BCUT2D eigenvalue weighted by Gasteiger charge is 2.40. The first-order valence-corrected chi connectivity index (χ1v) is 12.3. The highest BCUT2D eigenvalue weighted by atomic mass is 32.2. The van der Waals surface area contributed by atoms with E-state index in [9.17, 15) is 18.3 Å². The number of carboxylic acid groups (broad SMARTS) is 1. The molecule has 1 fully saturated rings. The van der Waals surface area contributed by atoms with Crippen molar-refractivity contribution in [1.29, 1.82) is 0 Å². The highest BCUT2D eigenvalue weighted by molar-refractivity contribution is 7.90. The largest absolute Gasteiger partial charge is 0.465 e. The van der Waals surface area contributed by atoms with Crippen molar-refractivity contribution in [3.63, 3.8) is 0 Å². The number of carbonyl (C=O) groups is 1. The first-order valence-electron chi connectivity index (χ1n) is 10.4. The van der Waals surface area contributed by atoms with Crippen molar-refractivity contribution in [1.82, 2.24) is 15.3 Å². The van der Waals surface area contributed by atoms with E-state index in [1.807, 2.05) is 54.6 Å². The second-order valence-electron chi connectivity index (χ2n) is 8.26. The minimum absolute atomic E-state index is 0.186. The Labute approximate surface area is 190 Å². The number of hydrogen-bond acceptors (Lipinski definition) is 6. The summed E-state index contributed by atoms with van der Waals surface area (Å²) in [6, 6.07) is 17.2. The molecule has 1 aliphatic carbocycles. The Morgan fingerprint density at radius 2 is 1.76 bits per heavy atom. The Kier molecular flexibility index (Phi) is 4.93. The highest BCUT2D eigenvalue weighted by Crippen LogP contribution is 2.43. The lowest BCUT2D eigenvalue weighted by atomic mass is 9.72. The molecule has 0 spiro atoms. The average Bonchev–Trinajstić information content (AvgIpc) is 3.15. The number of fused-ring (bicyclic) bond motifs is 1. The number of nitrogens with zero attached hydrogens (tertiary/aromatic N) is 2. The van der Waals surface area contributed by atoms with Crippen LogP contribution in [0.5, 0.6) is 0 Å².